The van der Waals surface area contributed by atoms with Crippen LogP contribution in [-0.2, 0) is 11.3 Å². The van der Waals surface area contributed by atoms with Gasteiger partial charge in [-0.05, 0) is 25.1 Å². The Bertz CT molecular complexity index is 1210. The number of fused-ring (bicyclic) bond motifs is 1. The molecule has 144 valence electrons. The Morgan fingerprint density at radius 2 is 1.55 bits per heavy atom. The van der Waals surface area contributed by atoms with E-state index in [1.165, 1.54) is 4.68 Å². The number of benzene rings is 3. The average Bonchev–Trinajstić information content (AvgIpc) is 2.75. The largest absolute Gasteiger partial charge is 0.326 e. The molecule has 0 unspecified atom stereocenters. The Hall–Kier alpha value is -3.73. The van der Waals surface area contributed by atoms with Crippen LogP contribution in [0.15, 0.2) is 83.7 Å². The normalized spacial score (nSPS) is 10.8. The lowest BCUT2D eigenvalue weighted by Gasteiger charge is -2.12. The molecule has 0 radical (unpaired) electrons. The first-order chi connectivity index (χ1) is 14.1. The molecule has 5 nitrogen and oxygen atoms in total. The average molecular weight is 383 g/mol. The Kier molecular flexibility index (Phi) is 5.20. The maximum Gasteiger partial charge on any atom is 0.274 e. The van der Waals surface area contributed by atoms with E-state index in [0.29, 0.717) is 5.39 Å². The highest BCUT2D eigenvalue weighted by atomic mass is 16.2. The summed E-state index contributed by atoms with van der Waals surface area (Å²) in [5.74, 6) is -0.157. The number of anilines is 1. The first kappa shape index (κ1) is 18.6. The van der Waals surface area contributed by atoms with E-state index >= 15 is 0 Å². The van der Waals surface area contributed by atoms with Gasteiger partial charge < -0.3 is 5.32 Å². The second-order valence-corrected chi connectivity index (χ2v) is 6.95. The second-order valence-electron chi connectivity index (χ2n) is 6.95. The predicted octanol–water partition coefficient (Wildman–Crippen LogP) is 4.40. The van der Waals surface area contributed by atoms with Crippen LogP contribution in [0.2, 0.25) is 0 Å². The third kappa shape index (κ3) is 4.09. The van der Waals surface area contributed by atoms with Gasteiger partial charge in [0.25, 0.3) is 5.56 Å². The molecule has 4 aromatic rings. The van der Waals surface area contributed by atoms with E-state index in [4.69, 9.17) is 0 Å². The highest BCUT2D eigenvalue weighted by Gasteiger charge is 2.13. The van der Waals surface area contributed by atoms with Crippen LogP contribution in [0, 0.1) is 6.92 Å². The van der Waals surface area contributed by atoms with Gasteiger partial charge in [0.1, 0.15) is 0 Å². The number of amides is 1. The molecule has 0 aliphatic rings. The molecular weight excluding hydrogens is 362 g/mol. The molecule has 1 N–H and O–H groups in total. The van der Waals surface area contributed by atoms with Gasteiger partial charge in [-0.2, -0.15) is 5.10 Å². The van der Waals surface area contributed by atoms with Gasteiger partial charge in [0.05, 0.1) is 17.6 Å². The molecule has 0 aliphatic carbocycles. The summed E-state index contributed by atoms with van der Waals surface area (Å²) in [4.78, 5) is 25.2. The molecule has 4 rings (SSSR count). The number of rotatable bonds is 5. The Morgan fingerprint density at radius 1 is 0.897 bits per heavy atom. The van der Waals surface area contributed by atoms with Gasteiger partial charge in [-0.15, -0.1) is 0 Å². The molecule has 1 amide bonds. The van der Waals surface area contributed by atoms with Gasteiger partial charge in [0.15, 0.2) is 0 Å². The third-order valence-electron chi connectivity index (χ3n) is 4.80. The summed E-state index contributed by atoms with van der Waals surface area (Å²) >= 11 is 0. The van der Waals surface area contributed by atoms with Crippen molar-refractivity contribution in [3.63, 3.8) is 0 Å². The van der Waals surface area contributed by atoms with E-state index in [-0.39, 0.29) is 24.4 Å². The summed E-state index contributed by atoms with van der Waals surface area (Å²) in [6.45, 7) is 2.24. The van der Waals surface area contributed by atoms with E-state index in [1.807, 2.05) is 79.7 Å². The van der Waals surface area contributed by atoms with Crippen molar-refractivity contribution in [1.82, 2.24) is 9.78 Å². The van der Waals surface area contributed by atoms with Crippen molar-refractivity contribution in [2.45, 2.75) is 19.9 Å². The fourth-order valence-electron chi connectivity index (χ4n) is 3.26. The van der Waals surface area contributed by atoms with Crippen molar-refractivity contribution < 1.29 is 4.79 Å². The highest BCUT2D eigenvalue weighted by molar-refractivity contribution is 5.94. The molecule has 0 spiro atoms. The fraction of sp³-hybridized carbons (Fsp3) is 0.125. The second kappa shape index (κ2) is 8.10. The minimum absolute atomic E-state index is 0.157. The Balaban J connectivity index is 1.66. The molecule has 0 saturated heterocycles. The Morgan fingerprint density at radius 3 is 2.28 bits per heavy atom. The summed E-state index contributed by atoms with van der Waals surface area (Å²) in [6, 6.07) is 24.8. The molecule has 3 aromatic carbocycles. The minimum atomic E-state index is -0.191. The quantitative estimate of drug-likeness (QED) is 0.555. The highest BCUT2D eigenvalue weighted by Crippen LogP contribution is 2.24. The van der Waals surface area contributed by atoms with Crippen LogP contribution in [0.1, 0.15) is 12.0 Å². The van der Waals surface area contributed by atoms with Crippen LogP contribution in [0.25, 0.3) is 22.0 Å². The molecule has 5 heteroatoms. The number of carbonyl (C=O) groups excluding carboxylic acids is 1. The molecule has 1 heterocycles. The molecule has 1 aromatic heterocycles. The predicted molar refractivity (Wildman–Crippen MR) is 116 cm³/mol. The van der Waals surface area contributed by atoms with E-state index in [0.717, 1.165) is 27.9 Å². The van der Waals surface area contributed by atoms with Crippen LogP contribution < -0.4 is 10.9 Å². The molecule has 0 saturated carbocycles. The monoisotopic (exact) mass is 383 g/mol. The van der Waals surface area contributed by atoms with Crippen molar-refractivity contribution in [3.8, 4) is 11.3 Å². The zero-order valence-electron chi connectivity index (χ0n) is 16.1. The van der Waals surface area contributed by atoms with Crippen LogP contribution in [-0.4, -0.2) is 15.7 Å². The van der Waals surface area contributed by atoms with E-state index in [9.17, 15) is 9.59 Å². The van der Waals surface area contributed by atoms with Gasteiger partial charge in [-0.3, -0.25) is 9.59 Å². The SMILES string of the molecule is Cc1ccc(-c2nn(CCC(=O)Nc3ccccc3)c(=O)c3ccccc23)cc1. The van der Waals surface area contributed by atoms with Crippen molar-refractivity contribution in [1.29, 1.82) is 0 Å². The minimum Gasteiger partial charge on any atom is -0.326 e. The van der Waals surface area contributed by atoms with Crippen LogP contribution in [0.5, 0.6) is 0 Å². The molecule has 0 atom stereocenters. The molecule has 0 aliphatic heterocycles. The summed E-state index contributed by atoms with van der Waals surface area (Å²) in [5, 5.41) is 8.85. The summed E-state index contributed by atoms with van der Waals surface area (Å²) in [5.41, 5.74) is 3.38. The molecular formula is C24H21N3O2. The third-order valence-corrected chi connectivity index (χ3v) is 4.80. The summed E-state index contributed by atoms with van der Waals surface area (Å²) in [6.07, 6.45) is 0.160. The lowest BCUT2D eigenvalue weighted by molar-refractivity contribution is -0.116. The molecule has 29 heavy (non-hydrogen) atoms. The number of aryl methyl sites for hydroxylation is 2. The first-order valence-corrected chi connectivity index (χ1v) is 9.53. The smallest absolute Gasteiger partial charge is 0.274 e. The zero-order chi connectivity index (χ0) is 20.2. The number of nitrogens with zero attached hydrogens (tertiary/aromatic N) is 2. The topological polar surface area (TPSA) is 64.0 Å². The van der Waals surface area contributed by atoms with Crippen molar-refractivity contribution >= 4 is 22.4 Å². The van der Waals surface area contributed by atoms with E-state index in [1.54, 1.807) is 6.07 Å². The Labute approximate surface area is 168 Å². The molecule has 0 fully saturated rings. The summed E-state index contributed by atoms with van der Waals surface area (Å²) < 4.78 is 1.39. The van der Waals surface area contributed by atoms with Gasteiger partial charge >= 0.3 is 0 Å². The number of carbonyl (C=O) groups is 1. The van der Waals surface area contributed by atoms with Gasteiger partial charge in [-0.1, -0.05) is 66.2 Å². The van der Waals surface area contributed by atoms with Crippen molar-refractivity contribution in [3.05, 3.63) is 94.8 Å². The van der Waals surface area contributed by atoms with Crippen molar-refractivity contribution in [2.24, 2.45) is 0 Å². The van der Waals surface area contributed by atoms with E-state index < -0.39 is 0 Å². The van der Waals surface area contributed by atoms with Crippen LogP contribution in [0.4, 0.5) is 5.69 Å². The number of hydrogen-bond acceptors (Lipinski definition) is 3. The van der Waals surface area contributed by atoms with E-state index in [2.05, 4.69) is 10.4 Å². The first-order valence-electron chi connectivity index (χ1n) is 9.53. The number of aromatic nitrogens is 2. The number of hydrogen-bond donors (Lipinski definition) is 1. The maximum atomic E-state index is 12.9. The lowest BCUT2D eigenvalue weighted by Crippen LogP contribution is -2.26. The van der Waals surface area contributed by atoms with Crippen LogP contribution >= 0.6 is 0 Å². The standard InChI is InChI=1S/C24H21N3O2/c1-17-11-13-18(14-12-17)23-20-9-5-6-10-21(20)24(29)27(26-23)16-15-22(28)25-19-7-3-2-4-8-19/h2-14H,15-16H2,1H3,(H,25,28). The van der Waals surface area contributed by atoms with Crippen LogP contribution in [0.3, 0.4) is 0 Å². The lowest BCUT2D eigenvalue weighted by atomic mass is 10.0. The number of nitrogens with one attached hydrogen (secondary N) is 1. The summed E-state index contributed by atoms with van der Waals surface area (Å²) in [7, 11) is 0. The van der Waals surface area contributed by atoms with Gasteiger partial charge in [0.2, 0.25) is 5.91 Å². The molecule has 0 bridgehead atoms. The van der Waals surface area contributed by atoms with Crippen molar-refractivity contribution in [2.75, 3.05) is 5.32 Å². The maximum absolute atomic E-state index is 12.9. The van der Waals surface area contributed by atoms with Gasteiger partial charge in [0, 0.05) is 23.1 Å². The number of para-hydroxylation sites is 1. The zero-order valence-corrected chi connectivity index (χ0v) is 16.1. The fourth-order valence-corrected chi connectivity index (χ4v) is 3.26. The van der Waals surface area contributed by atoms with Gasteiger partial charge in [-0.25, -0.2) is 4.68 Å².